The maximum atomic E-state index is 12.4. The van der Waals surface area contributed by atoms with Gasteiger partial charge in [-0.15, -0.1) is 0 Å². The molecule has 0 radical (unpaired) electrons. The van der Waals surface area contributed by atoms with E-state index < -0.39 is 0 Å². The zero-order valence-corrected chi connectivity index (χ0v) is 10.5. The van der Waals surface area contributed by atoms with Gasteiger partial charge < -0.3 is 9.64 Å². The van der Waals surface area contributed by atoms with E-state index in [1.807, 2.05) is 42.5 Å². The first-order valence-electron chi connectivity index (χ1n) is 5.70. The van der Waals surface area contributed by atoms with Crippen LogP contribution in [0.15, 0.2) is 54.6 Å². The molecule has 2 aromatic carbocycles. The highest BCUT2D eigenvalue weighted by Gasteiger charge is 2.16. The van der Waals surface area contributed by atoms with Crippen LogP contribution in [0.1, 0.15) is 10.4 Å². The van der Waals surface area contributed by atoms with E-state index >= 15 is 0 Å². The fourth-order valence-electron chi connectivity index (χ4n) is 1.77. The Morgan fingerprint density at radius 2 is 1.61 bits per heavy atom. The van der Waals surface area contributed by atoms with Crippen LogP contribution in [-0.4, -0.2) is 20.1 Å². The quantitative estimate of drug-likeness (QED) is 0.826. The highest BCUT2D eigenvalue weighted by molar-refractivity contribution is 6.07. The van der Waals surface area contributed by atoms with Crippen molar-refractivity contribution in [2.45, 2.75) is 0 Å². The predicted molar refractivity (Wildman–Crippen MR) is 72.2 cm³/mol. The summed E-state index contributed by atoms with van der Waals surface area (Å²) >= 11 is 0. The van der Waals surface area contributed by atoms with Gasteiger partial charge in [-0.2, -0.15) is 0 Å². The number of amides is 1. The smallest absolute Gasteiger partial charge is 0.261 e. The first kappa shape index (κ1) is 12.2. The molecule has 0 heterocycles. The zero-order valence-electron chi connectivity index (χ0n) is 10.5. The van der Waals surface area contributed by atoms with Gasteiger partial charge in [0.15, 0.2) is 0 Å². The normalized spacial score (nSPS) is 9.89. The van der Waals surface area contributed by atoms with E-state index in [1.165, 1.54) is 0 Å². The predicted octanol–water partition coefficient (Wildman–Crippen LogP) is 2.97. The van der Waals surface area contributed by atoms with E-state index in [1.54, 1.807) is 31.2 Å². The number of carbonyl (C=O) groups is 1. The Labute approximate surface area is 107 Å². The number of hydrogen-bond acceptors (Lipinski definition) is 2. The Kier molecular flexibility index (Phi) is 3.63. The van der Waals surface area contributed by atoms with Crippen LogP contribution in [0.4, 0.5) is 5.69 Å². The number of ether oxygens (including phenoxy) is 1. The summed E-state index contributed by atoms with van der Waals surface area (Å²) in [4.78, 5) is 14.0. The Hall–Kier alpha value is -2.29. The molecule has 1 amide bonds. The van der Waals surface area contributed by atoms with E-state index in [9.17, 15) is 4.79 Å². The van der Waals surface area contributed by atoms with Crippen molar-refractivity contribution in [3.63, 3.8) is 0 Å². The second-order valence-corrected chi connectivity index (χ2v) is 3.90. The molecular formula is C15H15NO2. The van der Waals surface area contributed by atoms with Crippen LogP contribution < -0.4 is 9.64 Å². The summed E-state index contributed by atoms with van der Waals surface area (Å²) < 4.78 is 5.20. The van der Waals surface area contributed by atoms with Gasteiger partial charge in [-0.3, -0.25) is 4.79 Å². The third-order valence-electron chi connectivity index (χ3n) is 2.79. The number of carbonyl (C=O) groups excluding carboxylic acids is 1. The molecule has 0 aromatic heterocycles. The highest BCUT2D eigenvalue weighted by Crippen LogP contribution is 2.21. The molecule has 0 fully saturated rings. The molecule has 0 saturated heterocycles. The molecule has 2 aromatic rings. The largest absolute Gasteiger partial charge is 0.496 e. The molecule has 0 unspecified atom stereocenters. The van der Waals surface area contributed by atoms with Crippen LogP contribution in [0.25, 0.3) is 0 Å². The zero-order chi connectivity index (χ0) is 13.0. The van der Waals surface area contributed by atoms with Gasteiger partial charge in [-0.1, -0.05) is 30.3 Å². The second kappa shape index (κ2) is 5.36. The number of rotatable bonds is 3. The Morgan fingerprint density at radius 3 is 2.28 bits per heavy atom. The van der Waals surface area contributed by atoms with Crippen molar-refractivity contribution in [3.05, 3.63) is 60.2 Å². The summed E-state index contributed by atoms with van der Waals surface area (Å²) in [6.07, 6.45) is 0. The summed E-state index contributed by atoms with van der Waals surface area (Å²) in [5.41, 5.74) is 1.42. The topological polar surface area (TPSA) is 29.5 Å². The van der Waals surface area contributed by atoms with Crippen molar-refractivity contribution < 1.29 is 9.53 Å². The van der Waals surface area contributed by atoms with Crippen LogP contribution in [0.3, 0.4) is 0 Å². The molecule has 0 spiro atoms. The summed E-state index contributed by atoms with van der Waals surface area (Å²) in [5.74, 6) is 0.504. The Bertz CT molecular complexity index is 537. The molecule has 0 atom stereocenters. The maximum absolute atomic E-state index is 12.4. The lowest BCUT2D eigenvalue weighted by Gasteiger charge is -2.18. The van der Waals surface area contributed by atoms with Gasteiger partial charge in [0.2, 0.25) is 0 Å². The SMILES string of the molecule is COc1ccccc1C(=O)N(C)c1ccccc1. The molecule has 3 nitrogen and oxygen atoms in total. The number of anilines is 1. The van der Waals surface area contributed by atoms with Gasteiger partial charge in [-0.05, 0) is 24.3 Å². The average Bonchev–Trinajstić information content (AvgIpc) is 2.46. The number of nitrogens with zero attached hydrogens (tertiary/aromatic N) is 1. The fourth-order valence-corrected chi connectivity index (χ4v) is 1.77. The Morgan fingerprint density at radius 1 is 1.00 bits per heavy atom. The number of hydrogen-bond donors (Lipinski definition) is 0. The summed E-state index contributed by atoms with van der Waals surface area (Å²) in [5, 5.41) is 0. The molecule has 2 rings (SSSR count). The summed E-state index contributed by atoms with van der Waals surface area (Å²) in [6.45, 7) is 0. The van der Waals surface area contributed by atoms with Crippen LogP contribution in [0.2, 0.25) is 0 Å². The Balaban J connectivity index is 2.32. The molecule has 0 aliphatic carbocycles. The average molecular weight is 241 g/mol. The van der Waals surface area contributed by atoms with Crippen molar-refractivity contribution in [2.24, 2.45) is 0 Å². The van der Waals surface area contributed by atoms with Gasteiger partial charge in [-0.25, -0.2) is 0 Å². The number of para-hydroxylation sites is 2. The van der Waals surface area contributed by atoms with E-state index in [2.05, 4.69) is 0 Å². The molecule has 18 heavy (non-hydrogen) atoms. The molecular weight excluding hydrogens is 226 g/mol. The lowest BCUT2D eigenvalue weighted by Crippen LogP contribution is -2.26. The highest BCUT2D eigenvalue weighted by atomic mass is 16.5. The van der Waals surface area contributed by atoms with Crippen molar-refractivity contribution in [1.82, 2.24) is 0 Å². The van der Waals surface area contributed by atoms with E-state index in [0.29, 0.717) is 11.3 Å². The first-order chi connectivity index (χ1) is 8.74. The summed E-state index contributed by atoms with van der Waals surface area (Å²) in [7, 11) is 3.32. The van der Waals surface area contributed by atoms with Gasteiger partial charge in [0.1, 0.15) is 5.75 Å². The third kappa shape index (κ3) is 2.35. The number of methoxy groups -OCH3 is 1. The lowest BCUT2D eigenvalue weighted by molar-refractivity contribution is 0.0990. The molecule has 0 N–H and O–H groups in total. The van der Waals surface area contributed by atoms with E-state index in [0.717, 1.165) is 5.69 Å². The molecule has 0 bridgehead atoms. The minimum absolute atomic E-state index is 0.0846. The van der Waals surface area contributed by atoms with Crippen molar-refractivity contribution in [3.8, 4) is 5.75 Å². The number of benzene rings is 2. The van der Waals surface area contributed by atoms with Crippen LogP contribution in [-0.2, 0) is 0 Å². The minimum atomic E-state index is -0.0846. The van der Waals surface area contributed by atoms with Crippen molar-refractivity contribution in [1.29, 1.82) is 0 Å². The van der Waals surface area contributed by atoms with E-state index in [4.69, 9.17) is 4.74 Å². The van der Waals surface area contributed by atoms with Crippen LogP contribution in [0.5, 0.6) is 5.75 Å². The minimum Gasteiger partial charge on any atom is -0.496 e. The third-order valence-corrected chi connectivity index (χ3v) is 2.79. The maximum Gasteiger partial charge on any atom is 0.261 e. The molecule has 0 saturated carbocycles. The fraction of sp³-hybridized carbons (Fsp3) is 0.133. The van der Waals surface area contributed by atoms with Gasteiger partial charge in [0.25, 0.3) is 5.91 Å². The van der Waals surface area contributed by atoms with Gasteiger partial charge in [0, 0.05) is 12.7 Å². The first-order valence-corrected chi connectivity index (χ1v) is 5.70. The molecule has 0 aliphatic heterocycles. The van der Waals surface area contributed by atoms with Crippen LogP contribution >= 0.6 is 0 Å². The van der Waals surface area contributed by atoms with Crippen molar-refractivity contribution >= 4 is 11.6 Å². The van der Waals surface area contributed by atoms with Gasteiger partial charge in [0.05, 0.1) is 12.7 Å². The molecule has 0 aliphatic rings. The van der Waals surface area contributed by atoms with Crippen LogP contribution in [0, 0.1) is 0 Å². The standard InChI is InChI=1S/C15H15NO2/c1-16(12-8-4-3-5-9-12)15(17)13-10-6-7-11-14(13)18-2/h3-11H,1-2H3. The second-order valence-electron chi connectivity index (χ2n) is 3.90. The summed E-state index contributed by atoms with van der Waals surface area (Å²) in [6, 6.07) is 16.7. The van der Waals surface area contributed by atoms with E-state index in [-0.39, 0.29) is 5.91 Å². The van der Waals surface area contributed by atoms with Crippen molar-refractivity contribution in [2.75, 3.05) is 19.1 Å². The molecule has 92 valence electrons. The molecule has 3 heteroatoms. The lowest BCUT2D eigenvalue weighted by atomic mass is 10.1. The van der Waals surface area contributed by atoms with Gasteiger partial charge >= 0.3 is 0 Å². The monoisotopic (exact) mass is 241 g/mol.